The molecule has 2 saturated heterocycles. The van der Waals surface area contributed by atoms with Gasteiger partial charge in [-0.3, -0.25) is 4.79 Å². The molecule has 0 saturated carbocycles. The van der Waals surface area contributed by atoms with Crippen LogP contribution in [0, 0.1) is 0 Å². The van der Waals surface area contributed by atoms with E-state index in [1.807, 2.05) is 18.7 Å². The third-order valence-corrected chi connectivity index (χ3v) is 2.60. The summed E-state index contributed by atoms with van der Waals surface area (Å²) in [6.45, 7) is 5.41. The Balaban J connectivity index is 2.03. The number of hydrogen-bond acceptors (Lipinski definition) is 2. The van der Waals surface area contributed by atoms with Crippen LogP contribution in [0.15, 0.2) is 11.6 Å². The van der Waals surface area contributed by atoms with Gasteiger partial charge in [-0.1, -0.05) is 5.57 Å². The van der Waals surface area contributed by atoms with Crippen LogP contribution in [0.1, 0.15) is 20.3 Å². The van der Waals surface area contributed by atoms with Crippen LogP contribution in [0.2, 0.25) is 0 Å². The van der Waals surface area contributed by atoms with E-state index in [4.69, 9.17) is 4.74 Å². The number of carbonyl (C=O) groups excluding carboxylic acids is 1. The van der Waals surface area contributed by atoms with Gasteiger partial charge in [0.05, 0.1) is 18.8 Å². The smallest absolute Gasteiger partial charge is 0.246 e. The van der Waals surface area contributed by atoms with Crippen LogP contribution in [-0.2, 0) is 9.53 Å². The predicted molar refractivity (Wildman–Crippen MR) is 49.3 cm³/mol. The lowest BCUT2D eigenvalue weighted by Gasteiger charge is -2.25. The van der Waals surface area contributed by atoms with E-state index in [9.17, 15) is 4.79 Å². The molecule has 2 bridgehead atoms. The second-order valence-electron chi connectivity index (χ2n) is 4.06. The molecule has 2 aliphatic heterocycles. The summed E-state index contributed by atoms with van der Waals surface area (Å²) in [7, 11) is 0. The van der Waals surface area contributed by atoms with E-state index in [2.05, 4.69) is 0 Å². The summed E-state index contributed by atoms with van der Waals surface area (Å²) in [5, 5.41) is 0. The highest BCUT2D eigenvalue weighted by Crippen LogP contribution is 2.27. The minimum absolute atomic E-state index is 0.149. The van der Waals surface area contributed by atoms with E-state index in [1.165, 1.54) is 0 Å². The van der Waals surface area contributed by atoms with Gasteiger partial charge in [-0.15, -0.1) is 0 Å². The number of likely N-dealkylation sites (tertiary alicyclic amines) is 1. The third-order valence-electron chi connectivity index (χ3n) is 2.60. The average molecular weight is 181 g/mol. The van der Waals surface area contributed by atoms with Crippen LogP contribution < -0.4 is 0 Å². The summed E-state index contributed by atoms with van der Waals surface area (Å²) in [5.41, 5.74) is 1.06. The molecule has 0 aromatic rings. The molecular formula is C10H15NO2. The minimum Gasteiger partial charge on any atom is -0.374 e. The molecule has 2 rings (SSSR count). The summed E-state index contributed by atoms with van der Waals surface area (Å²) in [4.78, 5) is 13.6. The number of fused-ring (bicyclic) bond motifs is 2. The monoisotopic (exact) mass is 181 g/mol. The van der Waals surface area contributed by atoms with Gasteiger partial charge in [0.1, 0.15) is 0 Å². The maximum atomic E-state index is 11.6. The summed E-state index contributed by atoms with van der Waals surface area (Å²) < 4.78 is 5.42. The van der Waals surface area contributed by atoms with E-state index >= 15 is 0 Å². The summed E-state index contributed by atoms with van der Waals surface area (Å²) >= 11 is 0. The number of morpholine rings is 1. The number of rotatable bonds is 1. The molecule has 13 heavy (non-hydrogen) atoms. The largest absolute Gasteiger partial charge is 0.374 e. The lowest BCUT2D eigenvalue weighted by Crippen LogP contribution is -2.40. The lowest BCUT2D eigenvalue weighted by atomic mass is 10.2. The minimum atomic E-state index is 0.149. The van der Waals surface area contributed by atoms with Gasteiger partial charge in [0.15, 0.2) is 0 Å². The van der Waals surface area contributed by atoms with Crippen molar-refractivity contribution in [2.24, 2.45) is 0 Å². The fraction of sp³-hybridized carbons (Fsp3) is 0.700. The molecule has 2 unspecified atom stereocenters. The Bertz CT molecular complexity index is 256. The molecule has 0 spiro atoms. The first-order valence-corrected chi connectivity index (χ1v) is 4.74. The molecule has 2 heterocycles. The zero-order valence-corrected chi connectivity index (χ0v) is 8.12. The molecule has 72 valence electrons. The standard InChI is InChI=1S/C10H15NO2/c1-7(2)3-10(12)11-5-9-4-8(11)6-13-9/h3,8-9H,4-6H2,1-2H3. The zero-order chi connectivity index (χ0) is 9.42. The number of nitrogens with zero attached hydrogens (tertiary/aromatic N) is 1. The highest BCUT2D eigenvalue weighted by Gasteiger charge is 2.40. The second-order valence-corrected chi connectivity index (χ2v) is 4.06. The van der Waals surface area contributed by atoms with E-state index in [0.29, 0.717) is 12.1 Å². The molecular weight excluding hydrogens is 166 g/mol. The molecule has 0 aromatic heterocycles. The molecule has 0 N–H and O–H groups in total. The number of ether oxygens (including phenoxy) is 1. The van der Waals surface area contributed by atoms with Gasteiger partial charge in [-0.25, -0.2) is 0 Å². The lowest BCUT2D eigenvalue weighted by molar-refractivity contribution is -0.130. The Morgan fingerprint density at radius 2 is 2.31 bits per heavy atom. The topological polar surface area (TPSA) is 29.5 Å². The molecule has 2 aliphatic rings. The predicted octanol–water partition coefficient (Wildman–Crippen LogP) is 0.952. The number of hydrogen-bond donors (Lipinski definition) is 0. The Hall–Kier alpha value is -0.830. The van der Waals surface area contributed by atoms with Crippen molar-refractivity contribution in [3.8, 4) is 0 Å². The summed E-state index contributed by atoms with van der Waals surface area (Å²) in [5.74, 6) is 0.149. The van der Waals surface area contributed by atoms with Gasteiger partial charge in [-0.05, 0) is 20.3 Å². The molecule has 3 nitrogen and oxygen atoms in total. The van der Waals surface area contributed by atoms with E-state index in [-0.39, 0.29) is 5.91 Å². The van der Waals surface area contributed by atoms with Gasteiger partial charge in [-0.2, -0.15) is 0 Å². The molecule has 1 amide bonds. The normalized spacial score (nSPS) is 30.8. The quantitative estimate of drug-likeness (QED) is 0.564. The Kier molecular flexibility index (Phi) is 2.12. The SMILES string of the molecule is CC(C)=CC(=O)N1CC2CC1CO2. The van der Waals surface area contributed by atoms with Crippen LogP contribution in [0.3, 0.4) is 0 Å². The zero-order valence-electron chi connectivity index (χ0n) is 8.12. The first-order valence-electron chi connectivity index (χ1n) is 4.74. The van der Waals surface area contributed by atoms with Crippen molar-refractivity contribution in [2.75, 3.05) is 13.2 Å². The molecule has 2 fully saturated rings. The Labute approximate surface area is 78.4 Å². The van der Waals surface area contributed by atoms with E-state index in [1.54, 1.807) is 6.08 Å². The number of carbonyl (C=O) groups is 1. The van der Waals surface area contributed by atoms with Gasteiger partial charge in [0, 0.05) is 12.6 Å². The molecule has 3 heteroatoms. The highest BCUT2D eigenvalue weighted by molar-refractivity contribution is 5.88. The van der Waals surface area contributed by atoms with Crippen molar-refractivity contribution in [1.82, 2.24) is 4.90 Å². The van der Waals surface area contributed by atoms with Crippen LogP contribution in [0.5, 0.6) is 0 Å². The summed E-state index contributed by atoms with van der Waals surface area (Å²) in [6.07, 6.45) is 3.04. The number of amides is 1. The molecule has 0 aliphatic carbocycles. The van der Waals surface area contributed by atoms with Gasteiger partial charge in [0.2, 0.25) is 5.91 Å². The van der Waals surface area contributed by atoms with Crippen molar-refractivity contribution in [3.05, 3.63) is 11.6 Å². The number of allylic oxidation sites excluding steroid dienone is 1. The summed E-state index contributed by atoms with van der Waals surface area (Å²) in [6, 6.07) is 0.341. The Morgan fingerprint density at radius 3 is 2.77 bits per heavy atom. The first kappa shape index (κ1) is 8.75. The van der Waals surface area contributed by atoms with Gasteiger partial charge >= 0.3 is 0 Å². The van der Waals surface area contributed by atoms with Gasteiger partial charge < -0.3 is 9.64 Å². The van der Waals surface area contributed by atoms with Crippen molar-refractivity contribution in [3.63, 3.8) is 0 Å². The van der Waals surface area contributed by atoms with Crippen LogP contribution in [-0.4, -0.2) is 36.1 Å². The van der Waals surface area contributed by atoms with Crippen molar-refractivity contribution >= 4 is 5.91 Å². The maximum absolute atomic E-state index is 11.6. The maximum Gasteiger partial charge on any atom is 0.246 e. The average Bonchev–Trinajstić information content (AvgIpc) is 2.62. The fourth-order valence-electron chi connectivity index (χ4n) is 2.00. The third kappa shape index (κ3) is 1.61. The van der Waals surface area contributed by atoms with Gasteiger partial charge in [0.25, 0.3) is 0 Å². The van der Waals surface area contributed by atoms with E-state index < -0.39 is 0 Å². The second kappa shape index (κ2) is 3.14. The molecule has 0 aromatic carbocycles. The molecule has 0 radical (unpaired) electrons. The van der Waals surface area contributed by atoms with E-state index in [0.717, 1.165) is 25.1 Å². The van der Waals surface area contributed by atoms with Crippen molar-refractivity contribution in [2.45, 2.75) is 32.4 Å². The van der Waals surface area contributed by atoms with Crippen molar-refractivity contribution < 1.29 is 9.53 Å². The van der Waals surface area contributed by atoms with Crippen LogP contribution in [0.25, 0.3) is 0 Å². The molecule has 2 atom stereocenters. The van der Waals surface area contributed by atoms with Crippen molar-refractivity contribution in [1.29, 1.82) is 0 Å². The van der Waals surface area contributed by atoms with Crippen LogP contribution in [0.4, 0.5) is 0 Å². The van der Waals surface area contributed by atoms with Crippen LogP contribution >= 0.6 is 0 Å². The highest BCUT2D eigenvalue weighted by atomic mass is 16.5. The fourth-order valence-corrected chi connectivity index (χ4v) is 2.00. The first-order chi connectivity index (χ1) is 6.16. The Morgan fingerprint density at radius 1 is 1.54 bits per heavy atom.